The number of oxazole rings is 1. The van der Waals surface area contributed by atoms with Crippen molar-refractivity contribution in [1.29, 1.82) is 0 Å². The van der Waals surface area contributed by atoms with Gasteiger partial charge in [-0.15, -0.1) is 10.2 Å². The highest BCUT2D eigenvalue weighted by Crippen LogP contribution is 2.30. The predicted molar refractivity (Wildman–Crippen MR) is 125 cm³/mol. The molecule has 5 aromatic rings. The summed E-state index contributed by atoms with van der Waals surface area (Å²) in [4.78, 5) is 8.83. The molecule has 0 radical (unpaired) electrons. The van der Waals surface area contributed by atoms with Crippen molar-refractivity contribution >= 4 is 23.4 Å². The first-order valence-corrected chi connectivity index (χ1v) is 11.3. The Labute approximate surface area is 194 Å². The zero-order valence-corrected chi connectivity index (χ0v) is 18.5. The highest BCUT2D eigenvalue weighted by Gasteiger charge is 2.16. The molecular weight excluding hydrogens is 442 g/mol. The van der Waals surface area contributed by atoms with Crippen molar-refractivity contribution in [2.45, 2.75) is 17.5 Å². The van der Waals surface area contributed by atoms with Crippen LogP contribution < -0.4 is 0 Å². The molecule has 0 amide bonds. The van der Waals surface area contributed by atoms with Crippen LogP contribution in [0.1, 0.15) is 11.3 Å². The Hall–Kier alpha value is -3.42. The van der Waals surface area contributed by atoms with E-state index in [0.29, 0.717) is 23.2 Å². The number of halogens is 1. The van der Waals surface area contributed by atoms with E-state index in [-0.39, 0.29) is 0 Å². The van der Waals surface area contributed by atoms with Crippen molar-refractivity contribution in [3.8, 4) is 22.8 Å². The molecule has 2 aromatic carbocycles. The zero-order valence-electron chi connectivity index (χ0n) is 16.9. The molecule has 0 unspecified atom stereocenters. The average Bonchev–Trinajstić information content (AvgIpc) is 3.46. The summed E-state index contributed by atoms with van der Waals surface area (Å²) < 4.78 is 7.76. The van der Waals surface area contributed by atoms with Crippen LogP contribution in [-0.2, 0) is 12.3 Å². The van der Waals surface area contributed by atoms with Crippen molar-refractivity contribution < 1.29 is 4.42 Å². The molecule has 0 bridgehead atoms. The molecule has 0 aliphatic heterocycles. The average molecular weight is 460 g/mol. The van der Waals surface area contributed by atoms with Gasteiger partial charge in [0, 0.05) is 23.7 Å². The maximum absolute atomic E-state index is 6.27. The molecule has 0 spiro atoms. The molecule has 0 saturated carbocycles. The van der Waals surface area contributed by atoms with Gasteiger partial charge in [0.1, 0.15) is 6.26 Å². The SMILES string of the molecule is Clc1ccccc1-c1nc(CSc2nnc(-c3cccnc3)n2Cc2ccccc2)co1. The fourth-order valence-corrected chi connectivity index (χ4v) is 4.31. The lowest BCUT2D eigenvalue weighted by Crippen LogP contribution is -2.04. The summed E-state index contributed by atoms with van der Waals surface area (Å²) in [6.45, 7) is 0.657. The van der Waals surface area contributed by atoms with Crippen LogP contribution in [0.5, 0.6) is 0 Å². The Balaban J connectivity index is 1.40. The molecule has 3 heterocycles. The normalized spacial score (nSPS) is 11.0. The topological polar surface area (TPSA) is 69.6 Å². The second-order valence-corrected chi connectivity index (χ2v) is 8.38. The molecule has 0 aliphatic carbocycles. The van der Waals surface area contributed by atoms with Crippen LogP contribution in [0.15, 0.2) is 95.0 Å². The number of benzene rings is 2. The summed E-state index contributed by atoms with van der Waals surface area (Å²) >= 11 is 7.83. The van der Waals surface area contributed by atoms with Crippen molar-refractivity contribution in [3.63, 3.8) is 0 Å². The summed E-state index contributed by atoms with van der Waals surface area (Å²) in [5.41, 5.74) is 3.67. The molecule has 3 aromatic heterocycles. The van der Waals surface area contributed by atoms with Gasteiger partial charge < -0.3 is 4.42 Å². The molecule has 0 atom stereocenters. The van der Waals surface area contributed by atoms with Crippen LogP contribution in [0, 0.1) is 0 Å². The van der Waals surface area contributed by atoms with E-state index in [1.165, 1.54) is 5.56 Å². The monoisotopic (exact) mass is 459 g/mol. The molecule has 0 aliphatic rings. The number of aromatic nitrogens is 5. The van der Waals surface area contributed by atoms with E-state index in [9.17, 15) is 0 Å². The molecule has 8 heteroatoms. The largest absolute Gasteiger partial charge is 0.444 e. The number of nitrogens with zero attached hydrogens (tertiary/aromatic N) is 5. The number of rotatable bonds is 7. The van der Waals surface area contributed by atoms with Gasteiger partial charge in [0.25, 0.3) is 0 Å². The molecule has 158 valence electrons. The summed E-state index contributed by atoms with van der Waals surface area (Å²) in [5, 5.41) is 10.3. The van der Waals surface area contributed by atoms with E-state index in [1.54, 1.807) is 30.4 Å². The Bertz CT molecular complexity index is 1320. The first-order valence-electron chi connectivity index (χ1n) is 9.97. The Morgan fingerprint density at radius 2 is 1.78 bits per heavy atom. The van der Waals surface area contributed by atoms with Crippen molar-refractivity contribution in [2.75, 3.05) is 0 Å². The maximum Gasteiger partial charge on any atom is 0.227 e. The maximum atomic E-state index is 6.27. The minimum Gasteiger partial charge on any atom is -0.444 e. The van der Waals surface area contributed by atoms with Gasteiger partial charge in [0.2, 0.25) is 5.89 Å². The van der Waals surface area contributed by atoms with Crippen LogP contribution in [-0.4, -0.2) is 24.7 Å². The van der Waals surface area contributed by atoms with E-state index < -0.39 is 0 Å². The first-order chi connectivity index (χ1) is 15.8. The van der Waals surface area contributed by atoms with Gasteiger partial charge in [0.05, 0.1) is 22.8 Å². The lowest BCUT2D eigenvalue weighted by molar-refractivity contribution is 0.573. The van der Waals surface area contributed by atoms with E-state index >= 15 is 0 Å². The number of thioether (sulfide) groups is 1. The number of hydrogen-bond donors (Lipinski definition) is 0. The zero-order chi connectivity index (χ0) is 21.8. The molecular formula is C24H18ClN5OS. The third-order valence-electron chi connectivity index (χ3n) is 4.83. The minimum absolute atomic E-state index is 0.507. The molecule has 5 rings (SSSR count). The van der Waals surface area contributed by atoms with E-state index in [4.69, 9.17) is 16.0 Å². The smallest absolute Gasteiger partial charge is 0.227 e. The summed E-state index contributed by atoms with van der Waals surface area (Å²) in [6, 6.07) is 21.6. The van der Waals surface area contributed by atoms with Crippen LogP contribution in [0.3, 0.4) is 0 Å². The summed E-state index contributed by atoms with van der Waals surface area (Å²) in [7, 11) is 0. The van der Waals surface area contributed by atoms with E-state index in [0.717, 1.165) is 27.8 Å². The van der Waals surface area contributed by atoms with Crippen molar-refractivity contribution in [3.05, 3.63) is 102 Å². The van der Waals surface area contributed by atoms with Crippen molar-refractivity contribution in [1.82, 2.24) is 24.7 Å². The lowest BCUT2D eigenvalue weighted by atomic mass is 10.2. The van der Waals surface area contributed by atoms with Gasteiger partial charge in [-0.25, -0.2) is 4.98 Å². The molecule has 0 N–H and O–H groups in total. The molecule has 0 fully saturated rings. The Morgan fingerprint density at radius 1 is 0.938 bits per heavy atom. The van der Waals surface area contributed by atoms with Gasteiger partial charge in [-0.2, -0.15) is 0 Å². The predicted octanol–water partition coefficient (Wildman–Crippen LogP) is 5.99. The highest BCUT2D eigenvalue weighted by molar-refractivity contribution is 7.98. The third kappa shape index (κ3) is 4.44. The molecule has 32 heavy (non-hydrogen) atoms. The fraction of sp³-hybridized carbons (Fsp3) is 0.0833. The van der Waals surface area contributed by atoms with Gasteiger partial charge in [0.15, 0.2) is 11.0 Å². The van der Waals surface area contributed by atoms with Crippen LogP contribution in [0.4, 0.5) is 0 Å². The van der Waals surface area contributed by atoms with E-state index in [1.807, 2.05) is 54.6 Å². The van der Waals surface area contributed by atoms with Crippen LogP contribution in [0.25, 0.3) is 22.8 Å². The highest BCUT2D eigenvalue weighted by atomic mass is 35.5. The van der Waals surface area contributed by atoms with E-state index in [2.05, 4.69) is 36.9 Å². The van der Waals surface area contributed by atoms with Gasteiger partial charge in [-0.1, -0.05) is 65.8 Å². The minimum atomic E-state index is 0.507. The molecule has 0 saturated heterocycles. The Morgan fingerprint density at radius 3 is 2.59 bits per heavy atom. The summed E-state index contributed by atoms with van der Waals surface area (Å²) in [5.74, 6) is 1.88. The number of pyridine rings is 1. The summed E-state index contributed by atoms with van der Waals surface area (Å²) in [6.07, 6.45) is 5.21. The lowest BCUT2D eigenvalue weighted by Gasteiger charge is -2.10. The van der Waals surface area contributed by atoms with Gasteiger partial charge in [-0.05, 0) is 29.8 Å². The second kappa shape index (κ2) is 9.38. The molecule has 6 nitrogen and oxygen atoms in total. The van der Waals surface area contributed by atoms with Gasteiger partial charge >= 0.3 is 0 Å². The van der Waals surface area contributed by atoms with Crippen LogP contribution >= 0.6 is 23.4 Å². The van der Waals surface area contributed by atoms with Crippen LogP contribution in [0.2, 0.25) is 5.02 Å². The quantitative estimate of drug-likeness (QED) is 0.278. The number of hydrogen-bond acceptors (Lipinski definition) is 6. The Kier molecular flexibility index (Phi) is 6.00. The van der Waals surface area contributed by atoms with Gasteiger partial charge in [-0.3, -0.25) is 9.55 Å². The second-order valence-electron chi connectivity index (χ2n) is 7.03. The van der Waals surface area contributed by atoms with Crippen molar-refractivity contribution in [2.24, 2.45) is 0 Å². The third-order valence-corrected chi connectivity index (χ3v) is 6.16. The fourth-order valence-electron chi connectivity index (χ4n) is 3.28. The standard InChI is InChI=1S/C24H18ClN5OS/c25-21-11-5-4-10-20(21)23-27-19(15-31-23)16-32-24-29-28-22(18-9-6-12-26-13-18)30(24)14-17-7-2-1-3-8-17/h1-13,15H,14,16H2. The first kappa shape index (κ1) is 20.5.